The molecular formula is C36H35F2N. The standard InChI is InChI=1S/C36H35F2N/c1-35(2,3)22-23-11-13-24(14-12-23)27-19-31(37)34(32(38)20-27)26-15-16-39-33(21-26)28-17-25-9-7-8-10-29(25)30(18-28)36(4,5)6/h7-21H,22H2,1-6H3. The zero-order chi connectivity index (χ0) is 27.9. The van der Waals surface area contributed by atoms with Crippen LogP contribution < -0.4 is 0 Å². The second kappa shape index (κ2) is 10.0. The first-order chi connectivity index (χ1) is 18.4. The van der Waals surface area contributed by atoms with Gasteiger partial charge in [0.1, 0.15) is 11.6 Å². The summed E-state index contributed by atoms with van der Waals surface area (Å²) < 4.78 is 31.0. The summed E-state index contributed by atoms with van der Waals surface area (Å²) in [5.74, 6) is -1.18. The molecule has 3 heteroatoms. The maximum atomic E-state index is 15.5. The third-order valence-electron chi connectivity index (χ3n) is 7.08. The molecule has 0 aliphatic carbocycles. The molecule has 0 N–H and O–H groups in total. The fourth-order valence-electron chi connectivity index (χ4n) is 5.27. The predicted molar refractivity (Wildman–Crippen MR) is 160 cm³/mol. The van der Waals surface area contributed by atoms with Crippen LogP contribution in [-0.2, 0) is 11.8 Å². The average molecular weight is 520 g/mol. The minimum atomic E-state index is -0.588. The van der Waals surface area contributed by atoms with E-state index in [0.717, 1.165) is 22.9 Å². The molecule has 0 fully saturated rings. The van der Waals surface area contributed by atoms with Gasteiger partial charge in [-0.15, -0.1) is 0 Å². The van der Waals surface area contributed by atoms with Crippen LogP contribution in [0.1, 0.15) is 52.7 Å². The molecule has 0 radical (unpaired) electrons. The van der Waals surface area contributed by atoms with Gasteiger partial charge >= 0.3 is 0 Å². The predicted octanol–water partition coefficient (Wildman–Crippen LogP) is 10.4. The molecule has 0 unspecified atom stereocenters. The van der Waals surface area contributed by atoms with Crippen LogP contribution in [0.25, 0.3) is 44.3 Å². The highest BCUT2D eigenvalue weighted by Crippen LogP contribution is 2.37. The first kappa shape index (κ1) is 26.7. The summed E-state index contributed by atoms with van der Waals surface area (Å²) in [5.41, 5.74) is 5.85. The second-order valence-electron chi connectivity index (χ2n) is 12.7. The molecule has 1 nitrogen and oxygen atoms in total. The van der Waals surface area contributed by atoms with Gasteiger partial charge in [-0.3, -0.25) is 4.98 Å². The molecule has 39 heavy (non-hydrogen) atoms. The number of pyridine rings is 1. The fourth-order valence-corrected chi connectivity index (χ4v) is 5.27. The lowest BCUT2D eigenvalue weighted by atomic mass is 9.82. The topological polar surface area (TPSA) is 12.9 Å². The van der Waals surface area contributed by atoms with E-state index in [1.807, 2.05) is 36.4 Å². The Morgan fingerprint density at radius 3 is 1.95 bits per heavy atom. The Morgan fingerprint density at radius 2 is 1.31 bits per heavy atom. The highest BCUT2D eigenvalue weighted by atomic mass is 19.1. The molecule has 1 aromatic heterocycles. The van der Waals surface area contributed by atoms with Crippen LogP contribution >= 0.6 is 0 Å². The van der Waals surface area contributed by atoms with Gasteiger partial charge < -0.3 is 0 Å². The highest BCUT2D eigenvalue weighted by Gasteiger charge is 2.20. The fraction of sp³-hybridized carbons (Fsp3) is 0.250. The van der Waals surface area contributed by atoms with Crippen LogP contribution in [0.3, 0.4) is 0 Å². The lowest BCUT2D eigenvalue weighted by molar-refractivity contribution is 0.411. The van der Waals surface area contributed by atoms with E-state index >= 15 is 8.78 Å². The van der Waals surface area contributed by atoms with Gasteiger partial charge in [-0.25, -0.2) is 8.78 Å². The molecule has 0 aliphatic rings. The lowest BCUT2D eigenvalue weighted by Gasteiger charge is -2.22. The Morgan fingerprint density at radius 1 is 0.641 bits per heavy atom. The molecule has 5 aromatic rings. The lowest BCUT2D eigenvalue weighted by Crippen LogP contribution is -2.12. The number of aromatic nitrogens is 1. The molecular weight excluding hydrogens is 484 g/mol. The number of halogens is 2. The van der Waals surface area contributed by atoms with Crippen molar-refractivity contribution >= 4 is 10.8 Å². The van der Waals surface area contributed by atoms with E-state index in [0.29, 0.717) is 16.8 Å². The third kappa shape index (κ3) is 5.78. The van der Waals surface area contributed by atoms with E-state index in [-0.39, 0.29) is 16.4 Å². The smallest absolute Gasteiger partial charge is 0.134 e. The van der Waals surface area contributed by atoms with E-state index in [2.05, 4.69) is 70.8 Å². The minimum absolute atomic E-state index is 0.0383. The van der Waals surface area contributed by atoms with Gasteiger partial charge in [0.25, 0.3) is 0 Å². The van der Waals surface area contributed by atoms with Crippen molar-refractivity contribution < 1.29 is 8.78 Å². The molecule has 0 saturated heterocycles. The van der Waals surface area contributed by atoms with Crippen molar-refractivity contribution in [2.75, 3.05) is 0 Å². The van der Waals surface area contributed by atoms with Gasteiger partial charge in [0.2, 0.25) is 0 Å². The molecule has 0 amide bonds. The van der Waals surface area contributed by atoms with E-state index in [9.17, 15) is 0 Å². The summed E-state index contributed by atoms with van der Waals surface area (Å²) in [6.07, 6.45) is 2.56. The Balaban J connectivity index is 1.53. The van der Waals surface area contributed by atoms with Gasteiger partial charge in [0, 0.05) is 11.8 Å². The summed E-state index contributed by atoms with van der Waals surface area (Å²) in [4.78, 5) is 4.58. The number of rotatable bonds is 4. The van der Waals surface area contributed by atoms with Gasteiger partial charge in [0.15, 0.2) is 0 Å². The maximum Gasteiger partial charge on any atom is 0.134 e. The van der Waals surface area contributed by atoms with Crippen LogP contribution in [0, 0.1) is 17.0 Å². The van der Waals surface area contributed by atoms with Gasteiger partial charge in [-0.1, -0.05) is 90.1 Å². The minimum Gasteiger partial charge on any atom is -0.256 e. The van der Waals surface area contributed by atoms with Crippen molar-refractivity contribution in [2.24, 2.45) is 5.41 Å². The third-order valence-corrected chi connectivity index (χ3v) is 7.08. The zero-order valence-corrected chi connectivity index (χ0v) is 23.6. The van der Waals surface area contributed by atoms with Gasteiger partial charge in [-0.2, -0.15) is 0 Å². The highest BCUT2D eigenvalue weighted by molar-refractivity contribution is 5.91. The Labute approximate surface area is 230 Å². The number of nitrogens with zero attached hydrogens (tertiary/aromatic N) is 1. The molecule has 0 saturated carbocycles. The molecule has 0 atom stereocenters. The van der Waals surface area contributed by atoms with Crippen LogP contribution in [-0.4, -0.2) is 4.98 Å². The summed E-state index contributed by atoms with van der Waals surface area (Å²) in [7, 11) is 0. The van der Waals surface area contributed by atoms with Crippen molar-refractivity contribution in [1.82, 2.24) is 4.98 Å². The quantitative estimate of drug-likeness (QED) is 0.230. The normalized spacial score (nSPS) is 12.2. The largest absolute Gasteiger partial charge is 0.256 e. The van der Waals surface area contributed by atoms with Crippen LogP contribution in [0.2, 0.25) is 0 Å². The first-order valence-corrected chi connectivity index (χ1v) is 13.5. The monoisotopic (exact) mass is 519 g/mol. The molecule has 4 aromatic carbocycles. The summed E-state index contributed by atoms with van der Waals surface area (Å²) in [6.45, 7) is 13.1. The van der Waals surface area contributed by atoms with Crippen molar-refractivity contribution in [3.05, 3.63) is 114 Å². The molecule has 0 aliphatic heterocycles. The van der Waals surface area contributed by atoms with E-state index in [4.69, 9.17) is 0 Å². The van der Waals surface area contributed by atoms with Crippen molar-refractivity contribution in [1.29, 1.82) is 0 Å². The van der Waals surface area contributed by atoms with Crippen LogP contribution in [0.5, 0.6) is 0 Å². The molecule has 5 rings (SSSR count). The Bertz CT molecular complexity index is 1630. The number of fused-ring (bicyclic) bond motifs is 1. The summed E-state index contributed by atoms with van der Waals surface area (Å²) in [6, 6.07) is 26.8. The molecule has 0 spiro atoms. The first-order valence-electron chi connectivity index (χ1n) is 13.5. The van der Waals surface area contributed by atoms with E-state index in [1.54, 1.807) is 18.3 Å². The van der Waals surface area contributed by atoms with E-state index in [1.165, 1.54) is 28.6 Å². The Kier molecular flexibility index (Phi) is 6.88. The zero-order valence-electron chi connectivity index (χ0n) is 23.6. The van der Waals surface area contributed by atoms with Crippen LogP contribution in [0.4, 0.5) is 8.78 Å². The van der Waals surface area contributed by atoms with Crippen molar-refractivity contribution in [3.63, 3.8) is 0 Å². The molecule has 198 valence electrons. The Hall–Kier alpha value is -3.85. The average Bonchev–Trinajstić information content (AvgIpc) is 2.87. The maximum absolute atomic E-state index is 15.5. The number of hydrogen-bond acceptors (Lipinski definition) is 1. The SMILES string of the molecule is CC(C)(C)Cc1ccc(-c2cc(F)c(-c3ccnc(-c4cc(C(C)(C)C)c5ccccc5c4)c3)c(F)c2)cc1. The van der Waals surface area contributed by atoms with Crippen LogP contribution in [0.15, 0.2) is 91.1 Å². The summed E-state index contributed by atoms with van der Waals surface area (Å²) in [5, 5.41) is 2.31. The van der Waals surface area contributed by atoms with Crippen molar-refractivity contribution in [2.45, 2.75) is 53.4 Å². The van der Waals surface area contributed by atoms with Gasteiger partial charge in [-0.05, 0) is 92.2 Å². The number of hydrogen-bond donors (Lipinski definition) is 0. The van der Waals surface area contributed by atoms with E-state index < -0.39 is 11.6 Å². The van der Waals surface area contributed by atoms with Crippen molar-refractivity contribution in [3.8, 4) is 33.5 Å². The number of benzene rings is 4. The second-order valence-corrected chi connectivity index (χ2v) is 12.7. The summed E-state index contributed by atoms with van der Waals surface area (Å²) >= 11 is 0. The van der Waals surface area contributed by atoms with Gasteiger partial charge in [0.05, 0.1) is 11.3 Å². The molecule has 1 heterocycles. The molecule has 0 bridgehead atoms.